The van der Waals surface area contributed by atoms with Gasteiger partial charge >= 0.3 is 0 Å². The van der Waals surface area contributed by atoms with E-state index in [9.17, 15) is 9.59 Å². The normalized spacial score (nSPS) is 13.3. The maximum Gasteiger partial charge on any atom is 0.277 e. The molecule has 0 radical (unpaired) electrons. The SMILES string of the molecule is CCNC(=O)[C@@H](C)NC(=O)CSc1nnc(-c2ccc3c(c2)OCO3)o1. The third kappa shape index (κ3) is 4.26. The largest absolute Gasteiger partial charge is 0.454 e. The summed E-state index contributed by atoms with van der Waals surface area (Å²) in [6.07, 6.45) is 0. The predicted molar refractivity (Wildman–Crippen MR) is 92.9 cm³/mol. The quantitative estimate of drug-likeness (QED) is 0.691. The van der Waals surface area contributed by atoms with E-state index in [-0.39, 0.29) is 29.6 Å². The van der Waals surface area contributed by atoms with E-state index in [1.807, 2.05) is 6.92 Å². The van der Waals surface area contributed by atoms with Crippen LogP contribution in [0.3, 0.4) is 0 Å². The zero-order valence-electron chi connectivity index (χ0n) is 14.3. The van der Waals surface area contributed by atoms with Crippen molar-refractivity contribution >= 4 is 23.6 Å². The Labute approximate surface area is 153 Å². The second-order valence-electron chi connectivity index (χ2n) is 5.41. The monoisotopic (exact) mass is 378 g/mol. The van der Waals surface area contributed by atoms with Crippen molar-refractivity contribution in [3.05, 3.63) is 18.2 Å². The van der Waals surface area contributed by atoms with Crippen LogP contribution in [0.2, 0.25) is 0 Å². The molecule has 1 aliphatic heterocycles. The third-order valence-corrected chi connectivity index (χ3v) is 4.29. The van der Waals surface area contributed by atoms with Gasteiger partial charge in [0, 0.05) is 12.1 Å². The van der Waals surface area contributed by atoms with Gasteiger partial charge in [0.1, 0.15) is 6.04 Å². The molecule has 1 aromatic heterocycles. The third-order valence-electron chi connectivity index (χ3n) is 3.47. The number of hydrogen-bond acceptors (Lipinski definition) is 8. The molecule has 9 nitrogen and oxygen atoms in total. The Bertz CT molecular complexity index is 810. The van der Waals surface area contributed by atoms with Gasteiger partial charge in [0.15, 0.2) is 11.5 Å². The Morgan fingerprint density at radius 1 is 1.27 bits per heavy atom. The van der Waals surface area contributed by atoms with E-state index < -0.39 is 6.04 Å². The Morgan fingerprint density at radius 3 is 2.88 bits per heavy atom. The first kappa shape index (κ1) is 18.1. The van der Waals surface area contributed by atoms with Crippen LogP contribution in [0.1, 0.15) is 13.8 Å². The summed E-state index contributed by atoms with van der Waals surface area (Å²) in [5.74, 6) is 1.15. The Hall–Kier alpha value is -2.75. The predicted octanol–water partition coefficient (Wildman–Crippen LogP) is 1.20. The van der Waals surface area contributed by atoms with E-state index >= 15 is 0 Å². The molecule has 1 atom stereocenters. The smallest absolute Gasteiger partial charge is 0.277 e. The van der Waals surface area contributed by atoms with E-state index in [1.54, 1.807) is 25.1 Å². The lowest BCUT2D eigenvalue weighted by Crippen LogP contribution is -2.45. The van der Waals surface area contributed by atoms with E-state index in [0.717, 1.165) is 11.8 Å². The van der Waals surface area contributed by atoms with Gasteiger partial charge in [-0.2, -0.15) is 0 Å². The molecule has 0 aliphatic carbocycles. The zero-order chi connectivity index (χ0) is 18.5. The number of carbonyl (C=O) groups excluding carboxylic acids is 2. The van der Waals surface area contributed by atoms with Gasteiger partial charge in [-0.15, -0.1) is 10.2 Å². The number of aromatic nitrogens is 2. The van der Waals surface area contributed by atoms with Crippen LogP contribution in [-0.4, -0.2) is 47.1 Å². The number of likely N-dealkylation sites (N-methyl/N-ethyl adjacent to an activating group) is 1. The average molecular weight is 378 g/mol. The second kappa shape index (κ2) is 8.09. The minimum atomic E-state index is -0.602. The number of amides is 2. The molecule has 0 unspecified atom stereocenters. The number of fused-ring (bicyclic) bond motifs is 1. The zero-order valence-corrected chi connectivity index (χ0v) is 15.1. The molecule has 0 fully saturated rings. The molecule has 10 heteroatoms. The molecule has 2 N–H and O–H groups in total. The molecule has 0 bridgehead atoms. The molecule has 3 rings (SSSR count). The summed E-state index contributed by atoms with van der Waals surface area (Å²) in [5.41, 5.74) is 0.697. The average Bonchev–Trinajstić information content (AvgIpc) is 3.28. The van der Waals surface area contributed by atoms with Crippen LogP contribution in [0.25, 0.3) is 11.5 Å². The minimum absolute atomic E-state index is 0.0620. The van der Waals surface area contributed by atoms with Crippen LogP contribution >= 0.6 is 11.8 Å². The number of rotatable bonds is 7. The number of benzene rings is 1. The van der Waals surface area contributed by atoms with Crippen molar-refractivity contribution in [3.8, 4) is 23.0 Å². The maximum absolute atomic E-state index is 11.9. The van der Waals surface area contributed by atoms with Gasteiger partial charge in [-0.25, -0.2) is 0 Å². The number of carbonyl (C=O) groups is 2. The summed E-state index contributed by atoms with van der Waals surface area (Å²) >= 11 is 1.10. The summed E-state index contributed by atoms with van der Waals surface area (Å²) < 4.78 is 16.1. The highest BCUT2D eigenvalue weighted by Crippen LogP contribution is 2.35. The van der Waals surface area contributed by atoms with Crippen LogP contribution in [0.4, 0.5) is 0 Å². The molecular weight excluding hydrogens is 360 g/mol. The lowest BCUT2D eigenvalue weighted by Gasteiger charge is -2.12. The van der Waals surface area contributed by atoms with Crippen molar-refractivity contribution in [2.75, 3.05) is 19.1 Å². The molecule has 0 saturated carbocycles. The summed E-state index contributed by atoms with van der Waals surface area (Å²) in [6.45, 7) is 4.14. The van der Waals surface area contributed by atoms with Gasteiger partial charge < -0.3 is 24.5 Å². The standard InChI is InChI=1S/C16H18N4O5S/c1-3-17-14(22)9(2)18-13(21)7-26-16-20-19-15(25-16)10-4-5-11-12(6-10)24-8-23-11/h4-6,9H,3,7-8H2,1-2H3,(H,17,22)(H,18,21)/t9-/m1/s1. The molecule has 2 amide bonds. The first-order valence-corrected chi connectivity index (χ1v) is 8.98. The Morgan fingerprint density at radius 2 is 2.08 bits per heavy atom. The number of nitrogens with one attached hydrogen (secondary N) is 2. The van der Waals surface area contributed by atoms with E-state index in [0.29, 0.717) is 29.5 Å². The Kier molecular flexibility index (Phi) is 5.61. The van der Waals surface area contributed by atoms with Crippen LogP contribution in [0.15, 0.2) is 27.8 Å². The first-order valence-electron chi connectivity index (χ1n) is 8.00. The van der Waals surface area contributed by atoms with Gasteiger partial charge in [0.25, 0.3) is 5.22 Å². The highest BCUT2D eigenvalue weighted by atomic mass is 32.2. The summed E-state index contributed by atoms with van der Waals surface area (Å²) in [5, 5.41) is 13.4. The van der Waals surface area contributed by atoms with Gasteiger partial charge in [0.2, 0.25) is 24.5 Å². The lowest BCUT2D eigenvalue weighted by atomic mass is 10.2. The minimum Gasteiger partial charge on any atom is -0.454 e. The molecule has 138 valence electrons. The molecule has 0 saturated heterocycles. The van der Waals surface area contributed by atoms with Crippen molar-refractivity contribution in [1.29, 1.82) is 0 Å². The van der Waals surface area contributed by atoms with Gasteiger partial charge in [-0.3, -0.25) is 9.59 Å². The molecule has 0 spiro atoms. The highest BCUT2D eigenvalue weighted by Gasteiger charge is 2.18. The number of nitrogens with zero attached hydrogens (tertiary/aromatic N) is 2. The van der Waals surface area contributed by atoms with E-state index in [4.69, 9.17) is 13.9 Å². The van der Waals surface area contributed by atoms with Gasteiger partial charge in [0.05, 0.1) is 5.75 Å². The molecule has 1 aliphatic rings. The molecule has 1 aromatic carbocycles. The molecule has 26 heavy (non-hydrogen) atoms. The summed E-state index contributed by atoms with van der Waals surface area (Å²) in [7, 11) is 0. The van der Waals surface area contributed by atoms with Crippen LogP contribution < -0.4 is 20.1 Å². The lowest BCUT2D eigenvalue weighted by molar-refractivity contribution is -0.127. The topological polar surface area (TPSA) is 116 Å². The summed E-state index contributed by atoms with van der Waals surface area (Å²) in [6, 6.07) is 4.71. The summed E-state index contributed by atoms with van der Waals surface area (Å²) in [4.78, 5) is 23.5. The van der Waals surface area contributed by atoms with Crippen LogP contribution in [0.5, 0.6) is 11.5 Å². The number of thioether (sulfide) groups is 1. The van der Waals surface area contributed by atoms with Crippen molar-refractivity contribution < 1.29 is 23.5 Å². The number of hydrogen-bond donors (Lipinski definition) is 2. The van der Waals surface area contributed by atoms with Crippen molar-refractivity contribution in [2.24, 2.45) is 0 Å². The molecular formula is C16H18N4O5S. The maximum atomic E-state index is 11.9. The second-order valence-corrected chi connectivity index (χ2v) is 6.34. The fourth-order valence-electron chi connectivity index (χ4n) is 2.22. The first-order chi connectivity index (χ1) is 12.6. The van der Waals surface area contributed by atoms with Crippen LogP contribution in [-0.2, 0) is 9.59 Å². The van der Waals surface area contributed by atoms with Gasteiger partial charge in [-0.1, -0.05) is 11.8 Å². The molecule has 2 aromatic rings. The van der Waals surface area contributed by atoms with Crippen LogP contribution in [0, 0.1) is 0 Å². The van der Waals surface area contributed by atoms with Gasteiger partial charge in [-0.05, 0) is 32.0 Å². The fraction of sp³-hybridized carbons (Fsp3) is 0.375. The van der Waals surface area contributed by atoms with Crippen molar-refractivity contribution in [1.82, 2.24) is 20.8 Å². The number of ether oxygens (including phenoxy) is 2. The molecule has 2 heterocycles. The highest BCUT2D eigenvalue weighted by molar-refractivity contribution is 7.99. The fourth-order valence-corrected chi connectivity index (χ4v) is 2.79. The van der Waals surface area contributed by atoms with Crippen molar-refractivity contribution in [2.45, 2.75) is 25.1 Å². The van der Waals surface area contributed by atoms with Crippen molar-refractivity contribution in [3.63, 3.8) is 0 Å². The van der Waals surface area contributed by atoms with E-state index in [2.05, 4.69) is 20.8 Å². The Balaban J connectivity index is 1.54. The van der Waals surface area contributed by atoms with E-state index in [1.165, 1.54) is 0 Å².